The van der Waals surface area contributed by atoms with E-state index in [0.717, 1.165) is 10.6 Å². The molecule has 5 nitrogen and oxygen atoms in total. The third-order valence-corrected chi connectivity index (χ3v) is 5.21. The second-order valence-corrected chi connectivity index (χ2v) is 8.09. The molecule has 0 unspecified atom stereocenters. The summed E-state index contributed by atoms with van der Waals surface area (Å²) >= 11 is 11.9. The maximum Gasteiger partial charge on any atom is 0.326 e. The maximum atomic E-state index is 13.7. The number of nitrogens with zero attached hydrogens (tertiary/aromatic N) is 1. The van der Waals surface area contributed by atoms with E-state index in [-0.39, 0.29) is 22.3 Å². The lowest BCUT2D eigenvalue weighted by Gasteiger charge is -2.22. The molecular weight excluding hydrogens is 404 g/mol. The van der Waals surface area contributed by atoms with E-state index in [1.165, 1.54) is 24.3 Å². The van der Waals surface area contributed by atoms with Gasteiger partial charge in [0.1, 0.15) is 12.4 Å². The van der Waals surface area contributed by atoms with E-state index in [0.29, 0.717) is 11.1 Å². The Morgan fingerprint density at radius 2 is 1.85 bits per heavy atom. The van der Waals surface area contributed by atoms with E-state index in [1.807, 2.05) is 0 Å². The van der Waals surface area contributed by atoms with Gasteiger partial charge in [0.15, 0.2) is 0 Å². The van der Waals surface area contributed by atoms with Gasteiger partial charge >= 0.3 is 5.97 Å². The third-order valence-electron chi connectivity index (χ3n) is 3.45. The Balaban J connectivity index is 2.42. The number of benzene rings is 2. The van der Waals surface area contributed by atoms with Gasteiger partial charge in [0.25, 0.3) is 0 Å². The zero-order valence-corrected chi connectivity index (χ0v) is 16.3. The van der Waals surface area contributed by atoms with Crippen LogP contribution in [0.5, 0.6) is 0 Å². The van der Waals surface area contributed by atoms with E-state index < -0.39 is 28.4 Å². The van der Waals surface area contributed by atoms with Gasteiger partial charge in [-0.05, 0) is 36.8 Å². The van der Waals surface area contributed by atoms with Crippen molar-refractivity contribution >= 4 is 44.9 Å². The van der Waals surface area contributed by atoms with E-state index in [2.05, 4.69) is 0 Å². The van der Waals surface area contributed by atoms with Gasteiger partial charge in [-0.15, -0.1) is 0 Å². The van der Waals surface area contributed by atoms with Crippen molar-refractivity contribution in [1.82, 2.24) is 0 Å². The molecule has 2 aromatic carbocycles. The lowest BCUT2D eigenvalue weighted by molar-refractivity contribution is -0.141. The highest BCUT2D eigenvalue weighted by atomic mass is 35.5. The molecule has 140 valence electrons. The summed E-state index contributed by atoms with van der Waals surface area (Å²) in [6, 6.07) is 8.65. The van der Waals surface area contributed by atoms with Crippen LogP contribution in [0.3, 0.4) is 0 Å². The van der Waals surface area contributed by atoms with Gasteiger partial charge in [-0.2, -0.15) is 0 Å². The van der Waals surface area contributed by atoms with Crippen molar-refractivity contribution in [2.45, 2.75) is 6.92 Å². The number of carbonyl (C=O) groups excluding carboxylic acids is 1. The number of anilines is 1. The highest BCUT2D eigenvalue weighted by Gasteiger charge is 2.22. The molecule has 0 bridgehead atoms. The summed E-state index contributed by atoms with van der Waals surface area (Å²) in [4.78, 5) is 11.7. The highest BCUT2D eigenvalue weighted by Crippen LogP contribution is 2.33. The molecule has 0 radical (unpaired) electrons. The van der Waals surface area contributed by atoms with Crippen LogP contribution >= 0.6 is 23.2 Å². The number of ether oxygens (including phenoxy) is 1. The number of sulfonamides is 1. The minimum atomic E-state index is -3.74. The van der Waals surface area contributed by atoms with Gasteiger partial charge < -0.3 is 4.74 Å². The molecule has 0 fully saturated rings. The van der Waals surface area contributed by atoms with E-state index >= 15 is 0 Å². The number of rotatable bonds is 6. The van der Waals surface area contributed by atoms with E-state index in [9.17, 15) is 17.6 Å². The molecule has 26 heavy (non-hydrogen) atoms. The molecule has 0 aliphatic heterocycles. The minimum Gasteiger partial charge on any atom is -0.465 e. The van der Waals surface area contributed by atoms with E-state index in [4.69, 9.17) is 27.9 Å². The molecule has 0 N–H and O–H groups in total. The van der Waals surface area contributed by atoms with Crippen LogP contribution in [0.4, 0.5) is 10.1 Å². The molecule has 2 aromatic rings. The topological polar surface area (TPSA) is 63.7 Å². The molecule has 0 spiro atoms. The predicted molar refractivity (Wildman–Crippen MR) is 101 cm³/mol. The van der Waals surface area contributed by atoms with Crippen molar-refractivity contribution in [3.8, 4) is 11.1 Å². The Morgan fingerprint density at radius 3 is 2.38 bits per heavy atom. The van der Waals surface area contributed by atoms with Crippen LogP contribution in [0.15, 0.2) is 36.4 Å². The number of hydrogen-bond donors (Lipinski definition) is 0. The van der Waals surface area contributed by atoms with Crippen LogP contribution in [0.2, 0.25) is 10.0 Å². The van der Waals surface area contributed by atoms with Gasteiger partial charge in [0, 0.05) is 5.56 Å². The fourth-order valence-electron chi connectivity index (χ4n) is 2.28. The Kier molecular flexibility index (Phi) is 6.49. The monoisotopic (exact) mass is 419 g/mol. The van der Waals surface area contributed by atoms with E-state index in [1.54, 1.807) is 19.1 Å². The second kappa shape index (κ2) is 8.24. The molecule has 2 rings (SSSR count). The molecular formula is C17H16Cl2FNO4S. The van der Waals surface area contributed by atoms with Gasteiger partial charge in [-0.1, -0.05) is 35.3 Å². The summed E-state index contributed by atoms with van der Waals surface area (Å²) < 4.78 is 43.4. The lowest BCUT2D eigenvalue weighted by Crippen LogP contribution is -2.35. The average molecular weight is 420 g/mol. The first-order valence-corrected chi connectivity index (χ1v) is 10.1. The first kappa shape index (κ1) is 20.5. The standard InChI is InChI=1S/C17H16Cl2FNO4S/c1-3-25-17(22)10-21(26(2,23)24)12-5-6-13(15(19)9-12)11-4-7-14(18)16(20)8-11/h4-9H,3,10H2,1-2H3. The summed E-state index contributed by atoms with van der Waals surface area (Å²) in [5, 5.41) is 0.181. The van der Waals surface area contributed by atoms with Gasteiger partial charge in [0.05, 0.1) is 28.6 Å². The first-order chi connectivity index (χ1) is 12.1. The summed E-state index contributed by atoms with van der Waals surface area (Å²) in [6.07, 6.45) is 0.975. The molecule has 9 heteroatoms. The van der Waals surface area contributed by atoms with Crippen molar-refractivity contribution in [3.63, 3.8) is 0 Å². The average Bonchev–Trinajstić information content (AvgIpc) is 2.54. The Hall–Kier alpha value is -1.83. The van der Waals surface area contributed by atoms with Crippen LogP contribution < -0.4 is 4.31 Å². The minimum absolute atomic E-state index is 0.0146. The third kappa shape index (κ3) is 4.87. The highest BCUT2D eigenvalue weighted by molar-refractivity contribution is 7.92. The zero-order valence-electron chi connectivity index (χ0n) is 14.0. The quantitative estimate of drug-likeness (QED) is 0.660. The Labute approximate surface area is 161 Å². The number of esters is 1. The summed E-state index contributed by atoms with van der Waals surface area (Å²) in [6.45, 7) is 1.29. The first-order valence-electron chi connectivity index (χ1n) is 7.51. The molecule has 0 aliphatic rings. The van der Waals surface area contributed by atoms with Crippen LogP contribution in [-0.2, 0) is 19.6 Å². The van der Waals surface area contributed by atoms with Crippen molar-refractivity contribution < 1.29 is 22.3 Å². The van der Waals surface area contributed by atoms with Crippen LogP contribution in [0, 0.1) is 5.82 Å². The maximum absolute atomic E-state index is 13.7. The molecule has 0 saturated heterocycles. The van der Waals surface area contributed by atoms with Crippen molar-refractivity contribution in [1.29, 1.82) is 0 Å². The molecule has 0 aliphatic carbocycles. The SMILES string of the molecule is CCOC(=O)CN(c1ccc(-c2ccc(Cl)c(F)c2)c(Cl)c1)S(C)(=O)=O. The fraction of sp³-hybridized carbons (Fsp3) is 0.235. The molecule has 0 saturated carbocycles. The fourth-order valence-corrected chi connectivity index (χ4v) is 3.52. The Bertz CT molecular complexity index is 934. The zero-order chi connectivity index (χ0) is 19.5. The van der Waals surface area contributed by atoms with Gasteiger partial charge in [-0.3, -0.25) is 9.10 Å². The van der Waals surface area contributed by atoms with Crippen LogP contribution in [0.1, 0.15) is 6.92 Å². The summed E-state index contributed by atoms with van der Waals surface area (Å²) in [5.74, 6) is -1.28. The summed E-state index contributed by atoms with van der Waals surface area (Å²) in [7, 11) is -3.74. The van der Waals surface area contributed by atoms with Crippen molar-refractivity contribution in [2.24, 2.45) is 0 Å². The van der Waals surface area contributed by atoms with Crippen molar-refractivity contribution in [3.05, 3.63) is 52.3 Å². The van der Waals surface area contributed by atoms with Gasteiger partial charge in [-0.25, -0.2) is 12.8 Å². The van der Waals surface area contributed by atoms with Crippen LogP contribution in [0.25, 0.3) is 11.1 Å². The van der Waals surface area contributed by atoms with Crippen molar-refractivity contribution in [2.75, 3.05) is 23.7 Å². The molecule has 0 amide bonds. The largest absolute Gasteiger partial charge is 0.465 e. The number of carbonyl (C=O) groups is 1. The predicted octanol–water partition coefficient (Wildman–Crippen LogP) is 4.13. The second-order valence-electron chi connectivity index (χ2n) is 5.37. The normalized spacial score (nSPS) is 11.3. The molecule has 0 aromatic heterocycles. The molecule has 0 atom stereocenters. The molecule has 0 heterocycles. The van der Waals surface area contributed by atoms with Crippen LogP contribution in [-0.4, -0.2) is 33.8 Å². The number of halogens is 3. The number of hydrogen-bond acceptors (Lipinski definition) is 4. The smallest absolute Gasteiger partial charge is 0.326 e. The van der Waals surface area contributed by atoms with Gasteiger partial charge in [0.2, 0.25) is 10.0 Å². The summed E-state index contributed by atoms with van der Waals surface area (Å²) in [5.41, 5.74) is 1.18. The lowest BCUT2D eigenvalue weighted by atomic mass is 10.1. The Morgan fingerprint density at radius 1 is 1.15 bits per heavy atom.